The highest BCUT2D eigenvalue weighted by Crippen LogP contribution is 2.56. The summed E-state index contributed by atoms with van der Waals surface area (Å²) in [5.41, 5.74) is 23.2. The number of anilines is 6. The molecule has 98 heavy (non-hydrogen) atoms. The molecule has 19 aromatic rings. The third-order valence-corrected chi connectivity index (χ3v) is 21.7. The van der Waals surface area contributed by atoms with Crippen LogP contribution in [0.3, 0.4) is 0 Å². The number of benzene rings is 15. The fourth-order valence-corrected chi connectivity index (χ4v) is 16.9. The molecular formula is C92H60N2O4. The molecule has 0 fully saturated rings. The number of hydrogen-bond acceptors (Lipinski definition) is 6. The molecule has 4 aromatic heterocycles. The summed E-state index contributed by atoms with van der Waals surface area (Å²) in [5, 5.41) is 15.8. The van der Waals surface area contributed by atoms with Gasteiger partial charge in [0.2, 0.25) is 0 Å². The van der Waals surface area contributed by atoms with Crippen LogP contribution in [0.2, 0.25) is 0 Å². The second-order valence-corrected chi connectivity index (χ2v) is 28.0. The van der Waals surface area contributed by atoms with E-state index in [1.165, 1.54) is 66.1 Å². The number of furan rings is 4. The van der Waals surface area contributed by atoms with Gasteiger partial charge in [-0.3, -0.25) is 0 Å². The van der Waals surface area contributed by atoms with Crippen molar-refractivity contribution in [2.24, 2.45) is 0 Å². The Morgan fingerprint density at radius 3 is 1.03 bits per heavy atom. The van der Waals surface area contributed by atoms with Crippen molar-refractivity contribution in [3.05, 3.63) is 313 Å². The second kappa shape index (κ2) is 20.1. The Morgan fingerprint density at radius 2 is 0.571 bits per heavy atom. The molecular weight excluding hydrogens is 1200 g/mol. The first-order chi connectivity index (χ1) is 48.0. The zero-order valence-electron chi connectivity index (χ0n) is 54.2. The monoisotopic (exact) mass is 1260 g/mol. The fourth-order valence-electron chi connectivity index (χ4n) is 16.9. The Kier molecular flexibility index (Phi) is 11.3. The van der Waals surface area contributed by atoms with Crippen molar-refractivity contribution in [2.45, 2.75) is 38.5 Å². The van der Waals surface area contributed by atoms with Gasteiger partial charge in [-0.1, -0.05) is 185 Å². The maximum absolute atomic E-state index is 7.05. The van der Waals surface area contributed by atoms with Gasteiger partial charge in [0.1, 0.15) is 45.0 Å². The second-order valence-electron chi connectivity index (χ2n) is 28.0. The van der Waals surface area contributed by atoms with Gasteiger partial charge < -0.3 is 27.5 Å². The Hall–Kier alpha value is -12.4. The Labute approximate surface area is 564 Å². The molecule has 0 saturated heterocycles. The smallest absolute Gasteiger partial charge is 0.137 e. The fraction of sp³-hybridized carbons (Fsp3) is 0.0652. The zero-order valence-corrected chi connectivity index (χ0v) is 54.2. The van der Waals surface area contributed by atoms with Gasteiger partial charge in [-0.15, -0.1) is 0 Å². The SMILES string of the molecule is CC1(C)c2cc(N(c3ccc4cc(-c5cc6ccccc6o5)ccc4c3)c3ccc4c(c3)oc3cc5c(cc34)oc3cc(N(c4ccc6c(c4)C(C)(C)c4c-6ccc6ccccc46)c4ccc6cc(-c7cc8ccccc8o7)ccc6c4)ccc35)ccc2-c2ccc3ccccc3c21. The van der Waals surface area contributed by atoms with E-state index < -0.39 is 0 Å². The van der Waals surface area contributed by atoms with Crippen molar-refractivity contribution in [3.8, 4) is 44.9 Å². The van der Waals surface area contributed by atoms with Crippen LogP contribution in [-0.2, 0) is 10.8 Å². The summed E-state index contributed by atoms with van der Waals surface area (Å²) in [6, 6.07) is 106. The largest absolute Gasteiger partial charge is 0.456 e. The van der Waals surface area contributed by atoms with E-state index in [0.29, 0.717) is 0 Å². The lowest BCUT2D eigenvalue weighted by Crippen LogP contribution is -2.17. The quantitative estimate of drug-likeness (QED) is 0.151. The number of rotatable bonds is 8. The molecule has 0 radical (unpaired) electrons. The highest BCUT2D eigenvalue weighted by molar-refractivity contribution is 6.16. The average Bonchev–Trinajstić information content (AvgIpc) is 1.56. The minimum absolute atomic E-state index is 0.251. The number of nitrogens with zero attached hydrogens (tertiary/aromatic N) is 2. The molecule has 0 spiro atoms. The summed E-state index contributed by atoms with van der Waals surface area (Å²) in [6.07, 6.45) is 0. The maximum Gasteiger partial charge on any atom is 0.137 e. The highest BCUT2D eigenvalue weighted by Gasteiger charge is 2.39. The van der Waals surface area contributed by atoms with Crippen LogP contribution in [0.5, 0.6) is 0 Å². The van der Waals surface area contributed by atoms with Crippen molar-refractivity contribution in [2.75, 3.05) is 9.80 Å². The van der Waals surface area contributed by atoms with Crippen LogP contribution in [0.15, 0.2) is 309 Å². The molecule has 2 aliphatic rings. The van der Waals surface area contributed by atoms with Gasteiger partial charge in [0.15, 0.2) is 0 Å². The first-order valence-corrected chi connectivity index (χ1v) is 33.8. The molecule has 4 heterocycles. The lowest BCUT2D eigenvalue weighted by Gasteiger charge is -2.28. The van der Waals surface area contributed by atoms with E-state index in [1.54, 1.807) is 0 Å². The van der Waals surface area contributed by atoms with Crippen molar-refractivity contribution in [1.29, 1.82) is 0 Å². The minimum Gasteiger partial charge on any atom is -0.456 e. The van der Waals surface area contributed by atoms with Crippen LogP contribution in [0.4, 0.5) is 34.1 Å². The molecule has 15 aromatic carbocycles. The average molecular weight is 1260 g/mol. The van der Waals surface area contributed by atoms with Crippen molar-refractivity contribution < 1.29 is 17.7 Å². The first kappa shape index (κ1) is 55.0. The molecule has 0 saturated carbocycles. The molecule has 0 atom stereocenters. The predicted molar refractivity (Wildman–Crippen MR) is 406 cm³/mol. The summed E-state index contributed by atoms with van der Waals surface area (Å²) in [4.78, 5) is 4.78. The number of hydrogen-bond donors (Lipinski definition) is 0. The van der Waals surface area contributed by atoms with Gasteiger partial charge in [-0.2, -0.15) is 0 Å². The van der Waals surface area contributed by atoms with Gasteiger partial charge in [0.25, 0.3) is 0 Å². The Balaban J connectivity index is 0.672. The van der Waals surface area contributed by atoms with Crippen LogP contribution < -0.4 is 9.80 Å². The van der Waals surface area contributed by atoms with Gasteiger partial charge in [-0.25, -0.2) is 0 Å². The molecule has 6 heteroatoms. The van der Waals surface area contributed by atoms with E-state index in [9.17, 15) is 0 Å². The van der Waals surface area contributed by atoms with Gasteiger partial charge in [0.05, 0.1) is 0 Å². The van der Waals surface area contributed by atoms with E-state index in [2.05, 4.69) is 304 Å². The molecule has 21 rings (SSSR count). The van der Waals surface area contributed by atoms with E-state index in [4.69, 9.17) is 17.7 Å². The molecule has 2 aliphatic carbocycles. The van der Waals surface area contributed by atoms with E-state index in [0.717, 1.165) is 144 Å². The maximum atomic E-state index is 7.05. The molecule has 0 bridgehead atoms. The lowest BCUT2D eigenvalue weighted by atomic mass is 9.80. The predicted octanol–water partition coefficient (Wildman–Crippen LogP) is 26.5. The van der Waals surface area contributed by atoms with Crippen molar-refractivity contribution in [1.82, 2.24) is 0 Å². The lowest BCUT2D eigenvalue weighted by molar-refractivity contribution is 0.631. The van der Waals surface area contributed by atoms with Crippen LogP contribution in [0, 0.1) is 0 Å². The van der Waals surface area contributed by atoms with E-state index in [-0.39, 0.29) is 10.8 Å². The zero-order chi connectivity index (χ0) is 64.9. The summed E-state index contributed by atoms with van der Waals surface area (Å²) in [7, 11) is 0. The topological polar surface area (TPSA) is 59.0 Å². The van der Waals surface area contributed by atoms with Gasteiger partial charge in [-0.05, 0) is 209 Å². The van der Waals surface area contributed by atoms with Crippen LogP contribution >= 0.6 is 0 Å². The minimum atomic E-state index is -0.251. The molecule has 462 valence electrons. The summed E-state index contributed by atoms with van der Waals surface area (Å²) < 4.78 is 26.8. The van der Waals surface area contributed by atoms with Gasteiger partial charge >= 0.3 is 0 Å². The van der Waals surface area contributed by atoms with Crippen LogP contribution in [-0.4, -0.2) is 0 Å². The molecule has 0 N–H and O–H groups in total. The van der Waals surface area contributed by atoms with Gasteiger partial charge in [0, 0.05) is 101 Å². The third-order valence-electron chi connectivity index (χ3n) is 21.7. The highest BCUT2D eigenvalue weighted by atomic mass is 16.3. The molecule has 0 unspecified atom stereocenters. The van der Waals surface area contributed by atoms with Crippen molar-refractivity contribution >= 4 is 143 Å². The summed E-state index contributed by atoms with van der Waals surface area (Å²) in [6.45, 7) is 9.51. The van der Waals surface area contributed by atoms with Crippen LogP contribution in [0.25, 0.3) is 154 Å². The Bertz CT molecular complexity index is 6200. The molecule has 0 amide bonds. The third kappa shape index (κ3) is 8.09. The Morgan fingerprint density at radius 1 is 0.224 bits per heavy atom. The van der Waals surface area contributed by atoms with Crippen LogP contribution in [0.1, 0.15) is 49.9 Å². The van der Waals surface area contributed by atoms with Crippen molar-refractivity contribution in [3.63, 3.8) is 0 Å². The standard InChI is InChI=1S/C92H60N2O4/c1-91(2)79-47-65(31-37-71(79)75-35-27-53-13-5-9-17-69(53)89(75)91)93(63-29-25-55-41-61(23-21-57(55)43-63)83-45-59-15-7-11-19-81(59)95-83)67-33-39-73-77-51-88-78(52-87(77)97-85(73)49-67)74-40-34-68(50-86(74)98-88)94(64-30-26-56-42-62(24-22-58(56)44-64)84-46-60-16-8-12-20-82(60)96-84)66-32-38-72-76-36-28-54-14-6-10-18-70(54)90(76)92(3,4)80(72)48-66/h5-52H,1-4H3. The molecule has 6 nitrogen and oxygen atoms in total. The molecule has 0 aliphatic heterocycles. The number of fused-ring (bicyclic) bond motifs is 20. The first-order valence-electron chi connectivity index (χ1n) is 33.8. The summed E-state index contributed by atoms with van der Waals surface area (Å²) in [5.74, 6) is 1.71. The number of para-hydroxylation sites is 2. The normalized spacial score (nSPS) is 13.7. The van der Waals surface area contributed by atoms with E-state index >= 15 is 0 Å². The van der Waals surface area contributed by atoms with E-state index in [1.807, 2.05) is 24.3 Å². The summed E-state index contributed by atoms with van der Waals surface area (Å²) >= 11 is 0.